The van der Waals surface area contributed by atoms with E-state index in [4.69, 9.17) is 16.1 Å². The maximum absolute atomic E-state index is 13.6. The van der Waals surface area contributed by atoms with Crippen LogP contribution in [0.15, 0.2) is 42.7 Å². The SMILES string of the molecule is Cc1nc(C(=N)/C(=C\N)c2ccc3ncc(NCCN4CCCC4(C)C)cc3n2)ccc1F. The first-order valence-electron chi connectivity index (χ1n) is 11.2. The summed E-state index contributed by atoms with van der Waals surface area (Å²) in [5.74, 6) is -0.409. The largest absolute Gasteiger partial charge is 0.404 e. The molecule has 7 nitrogen and oxygen atoms in total. The number of aromatic nitrogens is 3. The Morgan fingerprint density at radius 1 is 1.21 bits per heavy atom. The predicted octanol–water partition coefficient (Wildman–Crippen LogP) is 4.13. The van der Waals surface area contributed by atoms with Gasteiger partial charge in [0, 0.05) is 30.4 Å². The molecular formula is C25H30FN7. The van der Waals surface area contributed by atoms with Gasteiger partial charge in [-0.1, -0.05) is 0 Å². The highest BCUT2D eigenvalue weighted by molar-refractivity contribution is 6.29. The van der Waals surface area contributed by atoms with Crippen LogP contribution in [-0.4, -0.2) is 50.7 Å². The smallest absolute Gasteiger partial charge is 0.144 e. The lowest BCUT2D eigenvalue weighted by molar-refractivity contribution is 0.182. The maximum Gasteiger partial charge on any atom is 0.144 e. The van der Waals surface area contributed by atoms with Crippen molar-refractivity contribution < 1.29 is 4.39 Å². The van der Waals surface area contributed by atoms with Gasteiger partial charge in [0.25, 0.3) is 0 Å². The molecule has 1 aliphatic rings. The van der Waals surface area contributed by atoms with Crippen LogP contribution in [0.25, 0.3) is 16.6 Å². The molecular weight excluding hydrogens is 417 g/mol. The zero-order valence-electron chi connectivity index (χ0n) is 19.3. The molecule has 0 spiro atoms. The molecule has 1 aliphatic heterocycles. The third-order valence-electron chi connectivity index (χ3n) is 6.31. The molecule has 3 aromatic rings. The summed E-state index contributed by atoms with van der Waals surface area (Å²) in [6.07, 6.45) is 5.63. The minimum atomic E-state index is -0.409. The van der Waals surface area contributed by atoms with E-state index in [1.807, 2.05) is 18.3 Å². The number of hydrogen-bond donors (Lipinski definition) is 3. The maximum atomic E-state index is 13.6. The first kappa shape index (κ1) is 22.8. The molecule has 4 N–H and O–H groups in total. The Labute approximate surface area is 193 Å². The summed E-state index contributed by atoms with van der Waals surface area (Å²) in [5.41, 5.74) is 10.1. The molecule has 0 bridgehead atoms. The molecule has 33 heavy (non-hydrogen) atoms. The van der Waals surface area contributed by atoms with E-state index in [-0.39, 0.29) is 16.9 Å². The molecule has 0 radical (unpaired) electrons. The molecule has 4 rings (SSSR count). The Morgan fingerprint density at radius 2 is 2.00 bits per heavy atom. The number of fused-ring (bicyclic) bond motifs is 1. The zero-order chi connectivity index (χ0) is 23.6. The number of halogens is 1. The van der Waals surface area contributed by atoms with Crippen molar-refractivity contribution in [3.63, 3.8) is 0 Å². The van der Waals surface area contributed by atoms with Crippen LogP contribution in [-0.2, 0) is 0 Å². The number of anilines is 1. The molecule has 8 heteroatoms. The van der Waals surface area contributed by atoms with Crippen molar-refractivity contribution in [1.82, 2.24) is 19.9 Å². The molecule has 0 atom stereocenters. The second-order valence-electron chi connectivity index (χ2n) is 9.01. The van der Waals surface area contributed by atoms with Crippen LogP contribution in [0.1, 0.15) is 43.8 Å². The van der Waals surface area contributed by atoms with E-state index < -0.39 is 5.82 Å². The minimum absolute atomic E-state index is 0.0860. The lowest BCUT2D eigenvalue weighted by atomic mass is 10.0. The standard InChI is InChI=1S/C25H30FN7/c1-16-19(26)5-6-22(31-16)24(28)18(14-27)20-7-8-21-23(32-20)13-17(15-30-21)29-10-12-33-11-4-9-25(33,2)3/h5-8,13-15,28-29H,4,9-12,27H2,1-3H3/b18-14-,28-24?. The van der Waals surface area contributed by atoms with E-state index in [2.05, 4.69) is 34.0 Å². The van der Waals surface area contributed by atoms with Crippen LogP contribution >= 0.6 is 0 Å². The van der Waals surface area contributed by atoms with E-state index in [0.29, 0.717) is 22.5 Å². The lowest BCUT2D eigenvalue weighted by Gasteiger charge is -2.31. The summed E-state index contributed by atoms with van der Waals surface area (Å²) in [6, 6.07) is 8.37. The molecule has 1 fully saturated rings. The Balaban J connectivity index is 1.52. The highest BCUT2D eigenvalue weighted by atomic mass is 19.1. The summed E-state index contributed by atoms with van der Waals surface area (Å²) in [5, 5.41) is 12.0. The molecule has 4 heterocycles. The first-order valence-corrected chi connectivity index (χ1v) is 11.2. The van der Waals surface area contributed by atoms with Crippen LogP contribution in [0, 0.1) is 18.2 Å². The van der Waals surface area contributed by atoms with E-state index in [1.165, 1.54) is 31.2 Å². The van der Waals surface area contributed by atoms with Gasteiger partial charge in [-0.25, -0.2) is 14.4 Å². The summed E-state index contributed by atoms with van der Waals surface area (Å²) < 4.78 is 13.6. The van der Waals surface area contributed by atoms with Gasteiger partial charge in [-0.05, 0) is 70.5 Å². The van der Waals surface area contributed by atoms with E-state index in [9.17, 15) is 4.39 Å². The molecule has 0 aromatic carbocycles. The normalized spacial score (nSPS) is 16.3. The number of hydrogen-bond acceptors (Lipinski definition) is 7. The number of nitrogens with zero attached hydrogens (tertiary/aromatic N) is 4. The van der Waals surface area contributed by atoms with Crippen molar-refractivity contribution in [2.24, 2.45) is 5.73 Å². The number of aryl methyl sites for hydroxylation is 1. The summed E-state index contributed by atoms with van der Waals surface area (Å²) in [6.45, 7) is 9.09. The average Bonchev–Trinajstić information content (AvgIpc) is 3.13. The Kier molecular flexibility index (Phi) is 6.37. The second-order valence-corrected chi connectivity index (χ2v) is 9.01. The quantitative estimate of drug-likeness (QED) is 0.471. The van der Waals surface area contributed by atoms with Crippen molar-refractivity contribution in [2.45, 2.75) is 39.2 Å². The van der Waals surface area contributed by atoms with Crippen molar-refractivity contribution >= 4 is 28.0 Å². The third kappa shape index (κ3) is 4.85. The van der Waals surface area contributed by atoms with Crippen LogP contribution in [0.2, 0.25) is 0 Å². The Hall–Kier alpha value is -3.39. The van der Waals surface area contributed by atoms with Gasteiger partial charge in [0.2, 0.25) is 0 Å². The van der Waals surface area contributed by atoms with Gasteiger partial charge in [0.15, 0.2) is 0 Å². The van der Waals surface area contributed by atoms with Gasteiger partial charge in [0.1, 0.15) is 5.82 Å². The topological polar surface area (TPSA) is 104 Å². The van der Waals surface area contributed by atoms with Crippen LogP contribution in [0.5, 0.6) is 0 Å². The van der Waals surface area contributed by atoms with Crippen molar-refractivity contribution in [1.29, 1.82) is 5.41 Å². The van der Waals surface area contributed by atoms with Gasteiger partial charge in [0.05, 0.1) is 45.7 Å². The second kappa shape index (κ2) is 9.23. The number of nitrogens with two attached hydrogens (primary N) is 1. The van der Waals surface area contributed by atoms with Gasteiger partial charge in [-0.3, -0.25) is 15.3 Å². The highest BCUT2D eigenvalue weighted by Crippen LogP contribution is 2.27. The molecule has 0 amide bonds. The number of allylic oxidation sites excluding steroid dienone is 1. The monoisotopic (exact) mass is 447 g/mol. The fourth-order valence-corrected chi connectivity index (χ4v) is 4.28. The third-order valence-corrected chi connectivity index (χ3v) is 6.31. The molecule has 172 valence electrons. The molecule has 0 aliphatic carbocycles. The van der Waals surface area contributed by atoms with Gasteiger partial charge >= 0.3 is 0 Å². The van der Waals surface area contributed by atoms with E-state index in [0.717, 1.165) is 30.8 Å². The number of pyridine rings is 3. The highest BCUT2D eigenvalue weighted by Gasteiger charge is 2.30. The van der Waals surface area contributed by atoms with Crippen molar-refractivity contribution in [3.8, 4) is 0 Å². The number of nitrogens with one attached hydrogen (secondary N) is 2. The fourth-order valence-electron chi connectivity index (χ4n) is 4.28. The molecule has 1 saturated heterocycles. The Morgan fingerprint density at radius 3 is 2.70 bits per heavy atom. The predicted molar refractivity (Wildman–Crippen MR) is 131 cm³/mol. The fraction of sp³-hybridized carbons (Fsp3) is 0.360. The van der Waals surface area contributed by atoms with Crippen LogP contribution in [0.4, 0.5) is 10.1 Å². The van der Waals surface area contributed by atoms with Gasteiger partial charge in [-0.2, -0.15) is 0 Å². The summed E-state index contributed by atoms with van der Waals surface area (Å²) in [7, 11) is 0. The van der Waals surface area contributed by atoms with Crippen LogP contribution in [0.3, 0.4) is 0 Å². The number of likely N-dealkylation sites (tertiary alicyclic amines) is 1. The van der Waals surface area contributed by atoms with Crippen molar-refractivity contribution in [2.75, 3.05) is 25.0 Å². The van der Waals surface area contributed by atoms with Crippen molar-refractivity contribution in [3.05, 3.63) is 65.6 Å². The summed E-state index contributed by atoms with van der Waals surface area (Å²) >= 11 is 0. The van der Waals surface area contributed by atoms with Gasteiger partial charge < -0.3 is 11.1 Å². The lowest BCUT2D eigenvalue weighted by Crippen LogP contribution is -2.40. The average molecular weight is 448 g/mol. The number of rotatable bonds is 7. The summed E-state index contributed by atoms with van der Waals surface area (Å²) in [4.78, 5) is 15.9. The van der Waals surface area contributed by atoms with E-state index in [1.54, 1.807) is 13.0 Å². The first-order chi connectivity index (χ1) is 15.8. The van der Waals surface area contributed by atoms with Crippen LogP contribution < -0.4 is 11.1 Å². The van der Waals surface area contributed by atoms with Gasteiger partial charge in [-0.15, -0.1) is 0 Å². The Bertz CT molecular complexity index is 1220. The zero-order valence-corrected chi connectivity index (χ0v) is 19.3. The molecule has 0 unspecified atom stereocenters. The molecule has 0 saturated carbocycles. The molecule has 3 aromatic heterocycles. The van der Waals surface area contributed by atoms with E-state index >= 15 is 0 Å². The minimum Gasteiger partial charge on any atom is -0.404 e.